The molecular weight excluding hydrogens is 264 g/mol. The maximum Gasteiger partial charge on any atom is 0.269 e. The van der Waals surface area contributed by atoms with Crippen molar-refractivity contribution in [2.45, 2.75) is 0 Å². The molecule has 0 saturated carbocycles. The zero-order chi connectivity index (χ0) is 11.5. The van der Waals surface area contributed by atoms with Crippen molar-refractivity contribution >= 4 is 40.7 Å². The number of non-ortho nitro benzene ring substituents is 1. The van der Waals surface area contributed by atoms with Crippen molar-refractivity contribution in [1.82, 2.24) is 0 Å². The van der Waals surface area contributed by atoms with Crippen LogP contribution in [-0.4, -0.2) is 21.6 Å². The molecule has 0 spiro atoms. The molecule has 0 saturated heterocycles. The minimum atomic E-state index is -0.433. The molecule has 17 heavy (non-hydrogen) atoms. The third-order valence-electron chi connectivity index (χ3n) is 2.04. The highest BCUT2D eigenvalue weighted by molar-refractivity contribution is 8.14. The lowest BCUT2D eigenvalue weighted by Crippen LogP contribution is -2.16. The van der Waals surface area contributed by atoms with Crippen molar-refractivity contribution in [3.05, 3.63) is 39.9 Å². The van der Waals surface area contributed by atoms with E-state index in [1.54, 1.807) is 12.1 Å². The van der Waals surface area contributed by atoms with Gasteiger partial charge >= 0.3 is 0 Å². The van der Waals surface area contributed by atoms with E-state index in [0.717, 1.165) is 11.3 Å². The van der Waals surface area contributed by atoms with E-state index < -0.39 is 4.92 Å². The first kappa shape index (κ1) is 13.5. The zero-order valence-electron chi connectivity index (χ0n) is 8.57. The lowest BCUT2D eigenvalue weighted by Gasteiger charge is -2.08. The van der Waals surface area contributed by atoms with Gasteiger partial charge < -0.3 is 5.73 Å². The standard InChI is InChI=1S/C9H8N4O2S.ClH/c10-9-12-11-8(5-16-9)6-1-3-7(4-2-6)13(14)15;/h1-4H,5H2,(H2,10,12);1H. The fourth-order valence-corrected chi connectivity index (χ4v) is 1.83. The Kier molecular flexibility index (Phi) is 4.47. The molecule has 0 atom stereocenters. The summed E-state index contributed by atoms with van der Waals surface area (Å²) in [6, 6.07) is 6.22. The van der Waals surface area contributed by atoms with Gasteiger partial charge in [0.05, 0.1) is 10.6 Å². The predicted molar refractivity (Wildman–Crippen MR) is 71.0 cm³/mol. The van der Waals surface area contributed by atoms with E-state index in [9.17, 15) is 10.1 Å². The van der Waals surface area contributed by atoms with Crippen LogP contribution in [0.3, 0.4) is 0 Å². The molecule has 6 nitrogen and oxygen atoms in total. The van der Waals surface area contributed by atoms with Gasteiger partial charge in [0.25, 0.3) is 5.69 Å². The largest absolute Gasteiger partial charge is 0.377 e. The number of hydrogen-bond donors (Lipinski definition) is 1. The summed E-state index contributed by atoms with van der Waals surface area (Å²) in [6.45, 7) is 0. The highest BCUT2D eigenvalue weighted by atomic mass is 35.5. The molecule has 1 aromatic rings. The van der Waals surface area contributed by atoms with E-state index in [-0.39, 0.29) is 18.1 Å². The van der Waals surface area contributed by atoms with E-state index in [2.05, 4.69) is 10.2 Å². The molecule has 0 radical (unpaired) electrons. The van der Waals surface area contributed by atoms with Crippen molar-refractivity contribution in [3.8, 4) is 0 Å². The van der Waals surface area contributed by atoms with Crippen LogP contribution in [0.4, 0.5) is 5.69 Å². The molecule has 1 aliphatic heterocycles. The summed E-state index contributed by atoms with van der Waals surface area (Å²) in [6.07, 6.45) is 0. The Morgan fingerprint density at radius 2 is 1.94 bits per heavy atom. The smallest absolute Gasteiger partial charge is 0.269 e. The average Bonchev–Trinajstić information content (AvgIpc) is 2.30. The number of halogens is 1. The maximum absolute atomic E-state index is 10.5. The summed E-state index contributed by atoms with van der Waals surface area (Å²) in [5.41, 5.74) is 7.12. The van der Waals surface area contributed by atoms with Crippen LogP contribution in [0.15, 0.2) is 34.5 Å². The van der Waals surface area contributed by atoms with Crippen molar-refractivity contribution in [3.63, 3.8) is 0 Å². The second kappa shape index (κ2) is 5.65. The second-order valence-corrected chi connectivity index (χ2v) is 4.07. The minimum Gasteiger partial charge on any atom is -0.377 e. The molecular formula is C9H9ClN4O2S. The van der Waals surface area contributed by atoms with Crippen LogP contribution in [0.25, 0.3) is 0 Å². The summed E-state index contributed by atoms with van der Waals surface area (Å²) in [5, 5.41) is 18.6. The van der Waals surface area contributed by atoms with E-state index >= 15 is 0 Å². The van der Waals surface area contributed by atoms with Crippen LogP contribution in [0, 0.1) is 10.1 Å². The van der Waals surface area contributed by atoms with Gasteiger partial charge in [-0.15, -0.1) is 17.5 Å². The zero-order valence-corrected chi connectivity index (χ0v) is 10.2. The number of amidine groups is 1. The summed E-state index contributed by atoms with van der Waals surface area (Å²) in [7, 11) is 0. The van der Waals surface area contributed by atoms with Gasteiger partial charge in [-0.3, -0.25) is 10.1 Å². The van der Waals surface area contributed by atoms with E-state index in [1.807, 2.05) is 0 Å². The number of thioether (sulfide) groups is 1. The number of rotatable bonds is 2. The number of hydrogen-bond acceptors (Lipinski definition) is 6. The van der Waals surface area contributed by atoms with Crippen molar-refractivity contribution in [2.24, 2.45) is 15.9 Å². The summed E-state index contributed by atoms with van der Waals surface area (Å²) in [5.74, 6) is 0.632. The normalized spacial score (nSPS) is 14.4. The molecule has 1 heterocycles. The Morgan fingerprint density at radius 1 is 1.29 bits per heavy atom. The monoisotopic (exact) mass is 272 g/mol. The molecule has 0 amide bonds. The topological polar surface area (TPSA) is 93.9 Å². The molecule has 0 bridgehead atoms. The number of nitro groups is 1. The summed E-state index contributed by atoms with van der Waals surface area (Å²) in [4.78, 5) is 10.0. The Morgan fingerprint density at radius 3 is 2.41 bits per heavy atom. The first-order valence-corrected chi connectivity index (χ1v) is 5.43. The minimum absolute atomic E-state index is 0. The van der Waals surface area contributed by atoms with Crippen LogP contribution in [0.5, 0.6) is 0 Å². The molecule has 1 aromatic carbocycles. The highest BCUT2D eigenvalue weighted by Crippen LogP contribution is 2.16. The van der Waals surface area contributed by atoms with Crippen molar-refractivity contribution in [2.75, 3.05) is 5.75 Å². The third-order valence-corrected chi connectivity index (χ3v) is 2.83. The molecule has 2 N–H and O–H groups in total. The van der Waals surface area contributed by atoms with Gasteiger partial charge in [0.15, 0.2) is 5.17 Å². The van der Waals surface area contributed by atoms with Gasteiger partial charge in [0.1, 0.15) is 0 Å². The SMILES string of the molecule is Cl.NC1=NN=C(c2ccc([N+](=O)[O-])cc2)CS1. The Bertz CT molecular complexity index is 486. The molecule has 0 unspecified atom stereocenters. The fourth-order valence-electron chi connectivity index (χ4n) is 1.23. The summed E-state index contributed by atoms with van der Waals surface area (Å²) >= 11 is 1.39. The Hall–Kier alpha value is -1.60. The lowest BCUT2D eigenvalue weighted by atomic mass is 10.1. The van der Waals surface area contributed by atoms with E-state index in [1.165, 1.54) is 23.9 Å². The molecule has 0 aromatic heterocycles. The number of nitro benzene ring substituents is 1. The quantitative estimate of drug-likeness (QED) is 0.656. The molecule has 1 aliphatic rings. The first-order valence-electron chi connectivity index (χ1n) is 4.44. The van der Waals surface area contributed by atoms with Crippen molar-refractivity contribution in [1.29, 1.82) is 0 Å². The Balaban J connectivity index is 0.00000144. The second-order valence-electron chi connectivity index (χ2n) is 3.08. The highest BCUT2D eigenvalue weighted by Gasteiger charge is 2.11. The molecule has 0 aliphatic carbocycles. The van der Waals surface area contributed by atoms with Gasteiger partial charge in [0.2, 0.25) is 0 Å². The van der Waals surface area contributed by atoms with E-state index in [0.29, 0.717) is 10.9 Å². The Labute approximate surface area is 108 Å². The lowest BCUT2D eigenvalue weighted by molar-refractivity contribution is -0.384. The molecule has 90 valence electrons. The fraction of sp³-hybridized carbons (Fsp3) is 0.111. The van der Waals surface area contributed by atoms with Crippen LogP contribution in [-0.2, 0) is 0 Å². The number of nitrogens with two attached hydrogens (primary N) is 1. The first-order chi connectivity index (χ1) is 7.66. The number of nitrogens with zero attached hydrogens (tertiary/aromatic N) is 3. The molecule has 2 rings (SSSR count). The van der Waals surface area contributed by atoms with Crippen LogP contribution in [0.2, 0.25) is 0 Å². The average molecular weight is 273 g/mol. The van der Waals surface area contributed by atoms with Crippen molar-refractivity contribution < 1.29 is 4.92 Å². The molecule has 0 fully saturated rings. The maximum atomic E-state index is 10.5. The third kappa shape index (κ3) is 3.18. The van der Waals surface area contributed by atoms with E-state index in [4.69, 9.17) is 5.73 Å². The van der Waals surface area contributed by atoms with Crippen LogP contribution >= 0.6 is 24.2 Å². The van der Waals surface area contributed by atoms with Gasteiger partial charge in [0, 0.05) is 17.9 Å². The van der Waals surface area contributed by atoms with Crippen LogP contribution < -0.4 is 5.73 Å². The van der Waals surface area contributed by atoms with Crippen LogP contribution in [0.1, 0.15) is 5.56 Å². The van der Waals surface area contributed by atoms with Gasteiger partial charge in [-0.1, -0.05) is 11.8 Å². The van der Waals surface area contributed by atoms with Gasteiger partial charge in [-0.25, -0.2) is 0 Å². The predicted octanol–water partition coefficient (Wildman–Crippen LogP) is 1.78. The van der Waals surface area contributed by atoms with Gasteiger partial charge in [-0.05, 0) is 17.7 Å². The number of benzene rings is 1. The molecule has 8 heteroatoms. The summed E-state index contributed by atoms with van der Waals surface area (Å²) < 4.78 is 0. The van der Waals surface area contributed by atoms with Gasteiger partial charge in [-0.2, -0.15) is 5.10 Å².